The second kappa shape index (κ2) is 4.77. The van der Waals surface area contributed by atoms with Crippen LogP contribution in [0, 0.1) is 0 Å². The summed E-state index contributed by atoms with van der Waals surface area (Å²) in [6, 6.07) is 9.76. The van der Waals surface area contributed by atoms with Crippen molar-refractivity contribution in [3.8, 4) is 0 Å². The molecule has 14 heavy (non-hydrogen) atoms. The largest absolute Gasteiger partial charge is 0.281 e. The van der Waals surface area contributed by atoms with Gasteiger partial charge in [0.1, 0.15) is 0 Å². The summed E-state index contributed by atoms with van der Waals surface area (Å²) in [5, 5.41) is 1.50. The van der Waals surface area contributed by atoms with E-state index in [0.717, 1.165) is 5.56 Å². The quantitative estimate of drug-likeness (QED) is 0.734. The van der Waals surface area contributed by atoms with Gasteiger partial charge in [0.05, 0.1) is 5.92 Å². The first-order valence-electron chi connectivity index (χ1n) is 4.66. The summed E-state index contributed by atoms with van der Waals surface area (Å²) in [6.07, 6.45) is 0. The Morgan fingerprint density at radius 3 is 2.43 bits per heavy atom. The lowest BCUT2D eigenvalue weighted by Gasteiger charge is -2.20. The summed E-state index contributed by atoms with van der Waals surface area (Å²) < 4.78 is 0. The fourth-order valence-corrected chi connectivity index (χ4v) is 1.28. The molecular weight excluding hydrogens is 176 g/mol. The van der Waals surface area contributed by atoms with Gasteiger partial charge in [0.25, 0.3) is 0 Å². The number of benzene rings is 1. The zero-order chi connectivity index (χ0) is 10.6. The van der Waals surface area contributed by atoms with E-state index in [0.29, 0.717) is 0 Å². The van der Waals surface area contributed by atoms with E-state index in [1.165, 1.54) is 5.01 Å². The molecule has 0 heterocycles. The molecule has 0 aromatic heterocycles. The third-order valence-electron chi connectivity index (χ3n) is 2.34. The molecule has 1 unspecified atom stereocenters. The highest BCUT2D eigenvalue weighted by molar-refractivity contribution is 5.82. The van der Waals surface area contributed by atoms with Gasteiger partial charge in [0, 0.05) is 14.1 Å². The van der Waals surface area contributed by atoms with Crippen molar-refractivity contribution in [1.29, 1.82) is 0 Å². The molecule has 0 saturated heterocycles. The van der Waals surface area contributed by atoms with Crippen LogP contribution >= 0.6 is 0 Å². The van der Waals surface area contributed by atoms with Crippen LogP contribution < -0.4 is 5.43 Å². The van der Waals surface area contributed by atoms with E-state index < -0.39 is 0 Å². The number of carbonyl (C=O) groups is 1. The van der Waals surface area contributed by atoms with Gasteiger partial charge in [-0.3, -0.25) is 9.80 Å². The number of carbonyl (C=O) groups excluding carboxylic acids is 1. The van der Waals surface area contributed by atoms with Crippen LogP contribution in [0.15, 0.2) is 30.3 Å². The molecule has 3 nitrogen and oxygen atoms in total. The first-order valence-corrected chi connectivity index (χ1v) is 4.66. The molecule has 1 atom stereocenters. The molecule has 0 saturated carbocycles. The van der Waals surface area contributed by atoms with E-state index in [-0.39, 0.29) is 11.8 Å². The molecule has 0 aliphatic heterocycles. The molecule has 1 N–H and O–H groups in total. The van der Waals surface area contributed by atoms with Gasteiger partial charge in [0.2, 0.25) is 5.91 Å². The third kappa shape index (κ3) is 2.33. The minimum absolute atomic E-state index is 0.0682. The summed E-state index contributed by atoms with van der Waals surface area (Å²) in [7, 11) is 3.46. The lowest BCUT2D eigenvalue weighted by Crippen LogP contribution is -2.39. The molecule has 1 rings (SSSR count). The SMILES string of the molecule is CNN(C)C(=O)C(C)c1ccccc1. The monoisotopic (exact) mass is 192 g/mol. The maximum absolute atomic E-state index is 11.7. The molecule has 0 bridgehead atoms. The van der Waals surface area contributed by atoms with Crippen molar-refractivity contribution >= 4 is 5.91 Å². The van der Waals surface area contributed by atoms with Gasteiger partial charge in [-0.1, -0.05) is 30.3 Å². The maximum atomic E-state index is 11.7. The first kappa shape index (κ1) is 10.7. The zero-order valence-corrected chi connectivity index (χ0v) is 8.82. The first-order chi connectivity index (χ1) is 6.66. The van der Waals surface area contributed by atoms with Crippen LogP contribution in [0.25, 0.3) is 0 Å². The number of hydrazine groups is 1. The fraction of sp³-hybridized carbons (Fsp3) is 0.364. The van der Waals surface area contributed by atoms with Crippen LogP contribution in [0.4, 0.5) is 0 Å². The molecule has 1 aromatic carbocycles. The molecule has 0 spiro atoms. The molecule has 0 radical (unpaired) electrons. The standard InChI is InChI=1S/C11H16N2O/c1-9(11(14)13(3)12-2)10-7-5-4-6-8-10/h4-9,12H,1-3H3. The number of amides is 1. The molecule has 3 heteroatoms. The van der Waals surface area contributed by atoms with Crippen molar-refractivity contribution < 1.29 is 4.79 Å². The summed E-state index contributed by atoms with van der Waals surface area (Å²) in [5.74, 6) is -0.0349. The molecular formula is C11H16N2O. The van der Waals surface area contributed by atoms with Crippen molar-refractivity contribution in [2.45, 2.75) is 12.8 Å². The Balaban J connectivity index is 2.76. The Bertz CT molecular complexity index is 297. The number of rotatable bonds is 3. The van der Waals surface area contributed by atoms with Crippen LogP contribution in [0.5, 0.6) is 0 Å². The summed E-state index contributed by atoms with van der Waals surface area (Å²) in [6.45, 7) is 1.91. The van der Waals surface area contributed by atoms with Crippen molar-refractivity contribution in [3.05, 3.63) is 35.9 Å². The lowest BCUT2D eigenvalue weighted by atomic mass is 10.0. The summed E-state index contributed by atoms with van der Waals surface area (Å²) in [4.78, 5) is 11.7. The Kier molecular flexibility index (Phi) is 3.65. The average Bonchev–Trinajstić information content (AvgIpc) is 2.27. The van der Waals surface area contributed by atoms with Gasteiger partial charge in [-0.2, -0.15) is 0 Å². The Morgan fingerprint density at radius 1 is 1.36 bits per heavy atom. The van der Waals surface area contributed by atoms with E-state index in [1.807, 2.05) is 37.3 Å². The summed E-state index contributed by atoms with van der Waals surface area (Å²) >= 11 is 0. The smallest absolute Gasteiger partial charge is 0.243 e. The van der Waals surface area contributed by atoms with Gasteiger partial charge < -0.3 is 0 Å². The van der Waals surface area contributed by atoms with E-state index in [9.17, 15) is 4.79 Å². The highest BCUT2D eigenvalue weighted by atomic mass is 16.2. The van der Waals surface area contributed by atoms with Gasteiger partial charge in [0.15, 0.2) is 0 Å². The lowest BCUT2D eigenvalue weighted by molar-refractivity contribution is -0.133. The number of hydrogen-bond donors (Lipinski definition) is 1. The van der Waals surface area contributed by atoms with Gasteiger partial charge in [-0.25, -0.2) is 5.43 Å². The molecule has 0 fully saturated rings. The fourth-order valence-electron chi connectivity index (χ4n) is 1.28. The van der Waals surface area contributed by atoms with Crippen molar-refractivity contribution in [2.24, 2.45) is 0 Å². The molecule has 1 aromatic rings. The van der Waals surface area contributed by atoms with Crippen LogP contribution in [-0.4, -0.2) is 25.0 Å². The normalized spacial score (nSPS) is 12.2. The van der Waals surface area contributed by atoms with Crippen LogP contribution in [0.2, 0.25) is 0 Å². The molecule has 1 amide bonds. The molecule has 0 aliphatic rings. The van der Waals surface area contributed by atoms with E-state index in [2.05, 4.69) is 5.43 Å². The second-order valence-electron chi connectivity index (χ2n) is 3.25. The van der Waals surface area contributed by atoms with Gasteiger partial charge in [-0.05, 0) is 12.5 Å². The zero-order valence-electron chi connectivity index (χ0n) is 8.82. The average molecular weight is 192 g/mol. The predicted octanol–water partition coefficient (Wildman–Crippen LogP) is 1.38. The Hall–Kier alpha value is -1.35. The number of likely N-dealkylation sites (N-methyl/N-ethyl adjacent to an activating group) is 1. The topological polar surface area (TPSA) is 32.3 Å². The van der Waals surface area contributed by atoms with Crippen molar-refractivity contribution in [2.75, 3.05) is 14.1 Å². The van der Waals surface area contributed by atoms with E-state index in [4.69, 9.17) is 0 Å². The number of nitrogens with zero attached hydrogens (tertiary/aromatic N) is 1. The maximum Gasteiger partial charge on any atom is 0.243 e. The minimum Gasteiger partial charge on any atom is -0.281 e. The van der Waals surface area contributed by atoms with Crippen molar-refractivity contribution in [3.63, 3.8) is 0 Å². The highest BCUT2D eigenvalue weighted by Gasteiger charge is 2.17. The van der Waals surface area contributed by atoms with E-state index in [1.54, 1.807) is 14.1 Å². The van der Waals surface area contributed by atoms with Crippen LogP contribution in [0.3, 0.4) is 0 Å². The predicted molar refractivity (Wildman–Crippen MR) is 56.7 cm³/mol. The summed E-state index contributed by atoms with van der Waals surface area (Å²) in [5.41, 5.74) is 3.84. The van der Waals surface area contributed by atoms with Crippen LogP contribution in [0.1, 0.15) is 18.4 Å². The Labute approximate surface area is 84.7 Å². The van der Waals surface area contributed by atoms with Crippen molar-refractivity contribution in [1.82, 2.24) is 10.4 Å². The highest BCUT2D eigenvalue weighted by Crippen LogP contribution is 2.15. The number of hydrogen-bond acceptors (Lipinski definition) is 2. The molecule has 0 aliphatic carbocycles. The van der Waals surface area contributed by atoms with E-state index >= 15 is 0 Å². The van der Waals surface area contributed by atoms with Gasteiger partial charge >= 0.3 is 0 Å². The number of nitrogens with one attached hydrogen (secondary N) is 1. The molecule has 76 valence electrons. The second-order valence-corrected chi connectivity index (χ2v) is 3.25. The third-order valence-corrected chi connectivity index (χ3v) is 2.34. The van der Waals surface area contributed by atoms with Gasteiger partial charge in [-0.15, -0.1) is 0 Å². The van der Waals surface area contributed by atoms with Crippen LogP contribution in [-0.2, 0) is 4.79 Å². The Morgan fingerprint density at radius 2 is 1.93 bits per heavy atom. The minimum atomic E-state index is -0.103.